The summed E-state index contributed by atoms with van der Waals surface area (Å²) in [5, 5.41) is 0. The third-order valence-corrected chi connectivity index (χ3v) is 6.30. The zero-order chi connectivity index (χ0) is 16.7. The number of carbonyl (C=O) groups excluding carboxylic acids is 1. The topological polar surface area (TPSA) is 35.5 Å². The molecule has 0 aromatic heterocycles. The van der Waals surface area contributed by atoms with Crippen LogP contribution in [-0.4, -0.2) is 20.2 Å². The minimum absolute atomic E-state index is 0.253. The molecule has 3 heteroatoms. The molecule has 4 aliphatic rings. The van der Waals surface area contributed by atoms with Crippen molar-refractivity contribution in [3.8, 4) is 17.6 Å². The van der Waals surface area contributed by atoms with Crippen LogP contribution < -0.4 is 4.74 Å². The van der Waals surface area contributed by atoms with Crippen molar-refractivity contribution in [2.45, 2.75) is 43.9 Å². The Kier molecular flexibility index (Phi) is 3.79. The van der Waals surface area contributed by atoms with Crippen LogP contribution in [0.3, 0.4) is 0 Å². The molecule has 0 radical (unpaired) electrons. The van der Waals surface area contributed by atoms with E-state index in [2.05, 4.69) is 22.6 Å². The van der Waals surface area contributed by atoms with Crippen molar-refractivity contribution in [3.05, 3.63) is 29.3 Å². The number of carbonyl (C=O) groups is 1. The third kappa shape index (κ3) is 2.59. The van der Waals surface area contributed by atoms with E-state index in [1.165, 1.54) is 51.2 Å². The van der Waals surface area contributed by atoms with Crippen LogP contribution in [0.1, 0.15) is 49.7 Å². The fourth-order valence-corrected chi connectivity index (χ4v) is 5.81. The standard InChI is InChI=1S/C21H24O3/c1-23-19-5-3-14(4-6-20(22)24-2)10-18(19)21-11-15-7-16(12-21)9-17(8-15)13-21/h3,5,10,15-17H,7-9,11-13H2,1-2H3. The molecule has 24 heavy (non-hydrogen) atoms. The highest BCUT2D eigenvalue weighted by atomic mass is 16.5. The number of benzene rings is 1. The van der Waals surface area contributed by atoms with E-state index < -0.39 is 5.97 Å². The lowest BCUT2D eigenvalue weighted by atomic mass is 9.48. The molecule has 0 spiro atoms. The van der Waals surface area contributed by atoms with Gasteiger partial charge >= 0.3 is 5.97 Å². The van der Waals surface area contributed by atoms with Crippen molar-refractivity contribution < 1.29 is 14.3 Å². The van der Waals surface area contributed by atoms with Crippen LogP contribution in [-0.2, 0) is 14.9 Å². The molecule has 0 amide bonds. The molecule has 3 nitrogen and oxygen atoms in total. The van der Waals surface area contributed by atoms with Gasteiger partial charge in [-0.2, -0.15) is 0 Å². The van der Waals surface area contributed by atoms with Crippen LogP contribution in [0.25, 0.3) is 0 Å². The van der Waals surface area contributed by atoms with E-state index in [-0.39, 0.29) is 5.41 Å². The van der Waals surface area contributed by atoms with Crippen LogP contribution in [0.2, 0.25) is 0 Å². The van der Waals surface area contributed by atoms with Crippen molar-refractivity contribution in [2.75, 3.05) is 14.2 Å². The Morgan fingerprint density at radius 3 is 2.25 bits per heavy atom. The van der Waals surface area contributed by atoms with Crippen molar-refractivity contribution in [3.63, 3.8) is 0 Å². The number of hydrogen-bond donors (Lipinski definition) is 0. The first-order valence-electron chi connectivity index (χ1n) is 8.90. The molecule has 126 valence electrons. The Bertz CT molecular complexity index is 687. The Morgan fingerprint density at radius 1 is 1.08 bits per heavy atom. The van der Waals surface area contributed by atoms with Crippen molar-refractivity contribution >= 4 is 5.97 Å². The van der Waals surface area contributed by atoms with Gasteiger partial charge in [-0.3, -0.25) is 0 Å². The van der Waals surface area contributed by atoms with Gasteiger partial charge in [0.2, 0.25) is 0 Å². The van der Waals surface area contributed by atoms with E-state index in [4.69, 9.17) is 4.74 Å². The summed E-state index contributed by atoms with van der Waals surface area (Å²) in [6.07, 6.45) is 8.10. The lowest BCUT2D eigenvalue weighted by molar-refractivity contribution is -0.133. The quantitative estimate of drug-likeness (QED) is 0.615. The number of esters is 1. The van der Waals surface area contributed by atoms with Crippen LogP contribution in [0.5, 0.6) is 5.75 Å². The maximum atomic E-state index is 11.3. The first kappa shape index (κ1) is 15.6. The highest BCUT2D eigenvalue weighted by Gasteiger charge is 2.52. The van der Waals surface area contributed by atoms with Gasteiger partial charge in [-0.1, -0.05) is 5.92 Å². The van der Waals surface area contributed by atoms with Crippen molar-refractivity contribution in [1.82, 2.24) is 0 Å². The lowest BCUT2D eigenvalue weighted by Crippen LogP contribution is -2.48. The smallest absolute Gasteiger partial charge is 0.384 e. The van der Waals surface area contributed by atoms with Gasteiger partial charge in [-0.15, -0.1) is 0 Å². The van der Waals surface area contributed by atoms with E-state index in [0.717, 1.165) is 29.1 Å². The fourth-order valence-electron chi connectivity index (χ4n) is 5.81. The number of methoxy groups -OCH3 is 2. The van der Waals surface area contributed by atoms with Gasteiger partial charge in [0.05, 0.1) is 14.2 Å². The van der Waals surface area contributed by atoms with Gasteiger partial charge in [0, 0.05) is 17.0 Å². The molecular weight excluding hydrogens is 300 g/mol. The average Bonchev–Trinajstić information content (AvgIpc) is 2.58. The Labute approximate surface area is 143 Å². The first-order valence-corrected chi connectivity index (χ1v) is 8.90. The van der Waals surface area contributed by atoms with Gasteiger partial charge < -0.3 is 9.47 Å². The summed E-state index contributed by atoms with van der Waals surface area (Å²) in [6.45, 7) is 0. The summed E-state index contributed by atoms with van der Waals surface area (Å²) in [5.41, 5.74) is 2.43. The molecule has 0 saturated heterocycles. The normalized spacial score (nSPS) is 32.8. The highest BCUT2D eigenvalue weighted by Crippen LogP contribution is 2.61. The summed E-state index contributed by atoms with van der Waals surface area (Å²) < 4.78 is 10.3. The molecule has 0 N–H and O–H groups in total. The summed E-state index contributed by atoms with van der Waals surface area (Å²) >= 11 is 0. The summed E-state index contributed by atoms with van der Waals surface area (Å²) in [5.74, 6) is 8.59. The molecule has 5 rings (SSSR count). The second-order valence-corrected chi connectivity index (χ2v) is 7.85. The maximum absolute atomic E-state index is 11.3. The van der Waals surface area contributed by atoms with E-state index in [1.807, 2.05) is 12.1 Å². The summed E-state index contributed by atoms with van der Waals surface area (Å²) in [7, 11) is 3.10. The minimum atomic E-state index is -0.498. The van der Waals surface area contributed by atoms with Crippen LogP contribution in [0.4, 0.5) is 0 Å². The summed E-state index contributed by atoms with van der Waals surface area (Å²) in [4.78, 5) is 11.3. The van der Waals surface area contributed by atoms with E-state index in [0.29, 0.717) is 0 Å². The van der Waals surface area contributed by atoms with Crippen molar-refractivity contribution in [1.29, 1.82) is 0 Å². The molecule has 4 fully saturated rings. The Hall–Kier alpha value is -1.95. The molecule has 1 aromatic carbocycles. The zero-order valence-corrected chi connectivity index (χ0v) is 14.4. The largest absolute Gasteiger partial charge is 0.496 e. The lowest BCUT2D eigenvalue weighted by Gasteiger charge is -2.57. The number of rotatable bonds is 2. The molecule has 4 saturated carbocycles. The fraction of sp³-hybridized carbons (Fsp3) is 0.571. The monoisotopic (exact) mass is 324 g/mol. The van der Waals surface area contributed by atoms with E-state index >= 15 is 0 Å². The Morgan fingerprint density at radius 2 is 1.71 bits per heavy atom. The van der Waals surface area contributed by atoms with Gasteiger partial charge in [0.25, 0.3) is 0 Å². The minimum Gasteiger partial charge on any atom is -0.496 e. The molecule has 0 unspecified atom stereocenters. The van der Waals surface area contributed by atoms with Crippen LogP contribution in [0, 0.1) is 29.6 Å². The van der Waals surface area contributed by atoms with Crippen molar-refractivity contribution in [2.24, 2.45) is 17.8 Å². The molecule has 0 aliphatic heterocycles. The third-order valence-electron chi connectivity index (χ3n) is 6.30. The number of hydrogen-bond acceptors (Lipinski definition) is 3. The second-order valence-electron chi connectivity index (χ2n) is 7.85. The maximum Gasteiger partial charge on any atom is 0.384 e. The average molecular weight is 324 g/mol. The van der Waals surface area contributed by atoms with E-state index in [9.17, 15) is 4.79 Å². The molecule has 0 atom stereocenters. The predicted molar refractivity (Wildman–Crippen MR) is 91.7 cm³/mol. The zero-order valence-electron chi connectivity index (χ0n) is 14.4. The Balaban J connectivity index is 1.73. The van der Waals surface area contributed by atoms with E-state index in [1.54, 1.807) is 7.11 Å². The second kappa shape index (κ2) is 5.84. The molecular formula is C21H24O3. The van der Waals surface area contributed by atoms with Gasteiger partial charge in [-0.05, 0) is 79.9 Å². The molecule has 0 heterocycles. The van der Waals surface area contributed by atoms with Gasteiger partial charge in [0.1, 0.15) is 5.75 Å². The van der Waals surface area contributed by atoms with Gasteiger partial charge in [-0.25, -0.2) is 4.79 Å². The van der Waals surface area contributed by atoms with Gasteiger partial charge in [0.15, 0.2) is 0 Å². The SMILES string of the molecule is COC(=O)C#Cc1ccc(OC)c(C23CC4CC(CC(C4)C2)C3)c1. The molecule has 4 aliphatic carbocycles. The van der Waals surface area contributed by atoms with Crippen LogP contribution >= 0.6 is 0 Å². The van der Waals surface area contributed by atoms with Crippen LogP contribution in [0.15, 0.2) is 18.2 Å². The molecule has 1 aromatic rings. The predicted octanol–water partition coefficient (Wildman–Crippen LogP) is 3.69. The number of ether oxygens (including phenoxy) is 2. The highest BCUT2D eigenvalue weighted by molar-refractivity contribution is 5.89. The first-order chi connectivity index (χ1) is 11.6. The molecule has 4 bridgehead atoms. The summed E-state index contributed by atoms with van der Waals surface area (Å²) in [6, 6.07) is 6.09.